The van der Waals surface area contributed by atoms with Gasteiger partial charge in [-0.2, -0.15) is 0 Å². The smallest absolute Gasteiger partial charge is 0.258 e. The molecule has 2 aliphatic heterocycles. The first kappa shape index (κ1) is 16.3. The molecule has 2 aliphatic rings. The highest BCUT2D eigenvalue weighted by Crippen LogP contribution is 2.33. The molecule has 0 aliphatic carbocycles. The molecule has 0 unspecified atom stereocenters. The normalized spacial score (nSPS) is 21.8. The number of hydrogen-bond donors (Lipinski definition) is 0. The third-order valence-electron chi connectivity index (χ3n) is 5.11. The molecule has 0 aromatic carbocycles. The lowest BCUT2D eigenvalue weighted by molar-refractivity contribution is 0.0683. The second-order valence-corrected chi connectivity index (χ2v) is 7.01. The number of carbonyl (C=O) groups excluding carboxylic acids is 1. The van der Waals surface area contributed by atoms with Crippen molar-refractivity contribution in [3.05, 3.63) is 17.7 Å². The van der Waals surface area contributed by atoms with Gasteiger partial charge in [-0.25, -0.2) is 9.97 Å². The fourth-order valence-electron chi connectivity index (χ4n) is 3.83. The van der Waals surface area contributed by atoms with Crippen molar-refractivity contribution >= 4 is 22.8 Å². The summed E-state index contributed by atoms with van der Waals surface area (Å²) in [6.07, 6.45) is 3.74. The maximum absolute atomic E-state index is 13.2. The molecule has 1 atom stereocenters. The van der Waals surface area contributed by atoms with Crippen LogP contribution < -0.4 is 4.90 Å². The van der Waals surface area contributed by atoms with E-state index < -0.39 is 0 Å². The second-order valence-electron chi connectivity index (χ2n) is 7.01. The monoisotopic (exact) mass is 344 g/mol. The molecule has 1 amide bonds. The van der Waals surface area contributed by atoms with E-state index in [4.69, 9.17) is 9.15 Å². The molecule has 0 bridgehead atoms. The van der Waals surface area contributed by atoms with Crippen molar-refractivity contribution in [3.8, 4) is 0 Å². The molecule has 2 fully saturated rings. The molecule has 134 valence electrons. The van der Waals surface area contributed by atoms with Crippen LogP contribution in [0.5, 0.6) is 0 Å². The Labute approximate surface area is 147 Å². The third-order valence-corrected chi connectivity index (χ3v) is 5.11. The molecule has 2 aromatic rings. The molecule has 7 heteroatoms. The molecule has 2 saturated heterocycles. The molecule has 0 saturated carbocycles. The number of likely N-dealkylation sites (tertiary alicyclic amines) is 1. The Balaban J connectivity index is 1.77. The zero-order valence-electron chi connectivity index (χ0n) is 14.8. The maximum atomic E-state index is 13.2. The zero-order chi connectivity index (χ0) is 17.4. The van der Waals surface area contributed by atoms with Gasteiger partial charge < -0.3 is 19.0 Å². The Morgan fingerprint density at radius 2 is 2.04 bits per heavy atom. The number of aromatic nitrogens is 2. The van der Waals surface area contributed by atoms with E-state index in [1.807, 2.05) is 11.8 Å². The average Bonchev–Trinajstić information content (AvgIpc) is 2.97. The van der Waals surface area contributed by atoms with Gasteiger partial charge in [0.25, 0.3) is 5.91 Å². The average molecular weight is 344 g/mol. The molecule has 0 N–H and O–H groups in total. The van der Waals surface area contributed by atoms with Gasteiger partial charge >= 0.3 is 0 Å². The van der Waals surface area contributed by atoms with Crippen molar-refractivity contribution in [2.75, 3.05) is 44.3 Å². The molecule has 7 nitrogen and oxygen atoms in total. The van der Waals surface area contributed by atoms with Crippen LogP contribution in [-0.4, -0.2) is 60.2 Å². The number of hydrogen-bond acceptors (Lipinski definition) is 6. The number of fused-ring (bicyclic) bond motifs is 1. The highest BCUT2D eigenvalue weighted by atomic mass is 16.5. The van der Waals surface area contributed by atoms with Crippen LogP contribution in [0.25, 0.3) is 11.1 Å². The van der Waals surface area contributed by atoms with Crippen molar-refractivity contribution in [1.82, 2.24) is 14.9 Å². The van der Waals surface area contributed by atoms with Gasteiger partial charge in [-0.15, -0.1) is 0 Å². The molecular formula is C18H24N4O3. The van der Waals surface area contributed by atoms with Crippen LogP contribution in [0.1, 0.15) is 35.9 Å². The van der Waals surface area contributed by atoms with Crippen LogP contribution in [0, 0.1) is 12.8 Å². The Kier molecular flexibility index (Phi) is 4.33. The van der Waals surface area contributed by atoms with E-state index >= 15 is 0 Å². The van der Waals surface area contributed by atoms with Crippen molar-refractivity contribution in [2.45, 2.75) is 26.7 Å². The minimum atomic E-state index is 0.0344. The number of nitrogens with zero attached hydrogens (tertiary/aromatic N) is 4. The van der Waals surface area contributed by atoms with E-state index in [9.17, 15) is 4.79 Å². The lowest BCUT2D eigenvalue weighted by atomic mass is 9.99. The summed E-state index contributed by atoms with van der Waals surface area (Å²) in [5, 5.41) is 0.741. The Hall–Kier alpha value is -2.15. The predicted octanol–water partition coefficient (Wildman–Crippen LogP) is 2.24. The van der Waals surface area contributed by atoms with Crippen LogP contribution in [-0.2, 0) is 4.74 Å². The van der Waals surface area contributed by atoms with Gasteiger partial charge in [0.05, 0.1) is 24.2 Å². The fraction of sp³-hybridized carbons (Fsp3) is 0.611. The van der Waals surface area contributed by atoms with Gasteiger partial charge in [0.1, 0.15) is 17.9 Å². The summed E-state index contributed by atoms with van der Waals surface area (Å²) < 4.78 is 11.3. The summed E-state index contributed by atoms with van der Waals surface area (Å²) in [5.41, 5.74) is 1.11. The Morgan fingerprint density at radius 3 is 2.80 bits per heavy atom. The number of furan rings is 1. The van der Waals surface area contributed by atoms with Gasteiger partial charge in [0.2, 0.25) is 5.71 Å². The molecule has 25 heavy (non-hydrogen) atoms. The van der Waals surface area contributed by atoms with Crippen molar-refractivity contribution in [1.29, 1.82) is 0 Å². The molecule has 2 aromatic heterocycles. The fourth-order valence-corrected chi connectivity index (χ4v) is 3.83. The topological polar surface area (TPSA) is 71.7 Å². The summed E-state index contributed by atoms with van der Waals surface area (Å²) in [6, 6.07) is 0. The van der Waals surface area contributed by atoms with Gasteiger partial charge in [-0.3, -0.25) is 4.79 Å². The van der Waals surface area contributed by atoms with Crippen LogP contribution >= 0.6 is 0 Å². The van der Waals surface area contributed by atoms with Crippen molar-refractivity contribution < 1.29 is 13.9 Å². The summed E-state index contributed by atoms with van der Waals surface area (Å²) in [4.78, 5) is 26.1. The van der Waals surface area contributed by atoms with Gasteiger partial charge in [-0.1, -0.05) is 6.92 Å². The van der Waals surface area contributed by atoms with Crippen LogP contribution in [0.3, 0.4) is 0 Å². The van der Waals surface area contributed by atoms with E-state index in [0.29, 0.717) is 36.2 Å². The van der Waals surface area contributed by atoms with E-state index in [0.717, 1.165) is 43.8 Å². The first-order chi connectivity index (χ1) is 12.1. The number of carbonyl (C=O) groups is 1. The SMILES string of the molecule is Cc1oc2ncnc(N3CCOCC3)c2c1C(=O)N1CCC[C@H](C)C1. The van der Waals surface area contributed by atoms with Crippen molar-refractivity contribution in [2.24, 2.45) is 5.92 Å². The largest absolute Gasteiger partial charge is 0.442 e. The summed E-state index contributed by atoms with van der Waals surface area (Å²) in [5.74, 6) is 1.96. The van der Waals surface area contributed by atoms with Gasteiger partial charge in [0.15, 0.2) is 0 Å². The second kappa shape index (κ2) is 6.63. The van der Waals surface area contributed by atoms with Crippen molar-refractivity contribution in [3.63, 3.8) is 0 Å². The number of piperidine rings is 1. The third kappa shape index (κ3) is 2.97. The minimum Gasteiger partial charge on any atom is -0.442 e. The van der Waals surface area contributed by atoms with Gasteiger partial charge in [0, 0.05) is 26.2 Å². The Bertz CT molecular complexity index is 782. The molecule has 4 rings (SSSR count). The maximum Gasteiger partial charge on any atom is 0.258 e. The van der Waals surface area contributed by atoms with Crippen LogP contribution in [0.15, 0.2) is 10.7 Å². The highest BCUT2D eigenvalue weighted by Gasteiger charge is 2.30. The number of morpholine rings is 1. The molecular weight excluding hydrogens is 320 g/mol. The standard InChI is InChI=1S/C18H24N4O3/c1-12-4-3-5-22(10-12)18(23)14-13(2)25-17-15(14)16(19-11-20-17)21-6-8-24-9-7-21/h11-12H,3-10H2,1-2H3/t12-/m0/s1. The van der Waals surface area contributed by atoms with Gasteiger partial charge in [-0.05, 0) is 25.7 Å². The van der Waals surface area contributed by atoms with E-state index in [1.165, 1.54) is 12.7 Å². The van der Waals surface area contributed by atoms with E-state index in [-0.39, 0.29) is 5.91 Å². The minimum absolute atomic E-state index is 0.0344. The summed E-state index contributed by atoms with van der Waals surface area (Å²) in [7, 11) is 0. The first-order valence-electron chi connectivity index (χ1n) is 9.01. The quantitative estimate of drug-likeness (QED) is 0.832. The predicted molar refractivity (Wildman–Crippen MR) is 93.9 cm³/mol. The van der Waals surface area contributed by atoms with E-state index in [2.05, 4.69) is 21.8 Å². The number of anilines is 1. The summed E-state index contributed by atoms with van der Waals surface area (Å²) >= 11 is 0. The summed E-state index contributed by atoms with van der Waals surface area (Å²) in [6.45, 7) is 8.47. The number of aryl methyl sites for hydroxylation is 1. The molecule has 0 spiro atoms. The zero-order valence-corrected chi connectivity index (χ0v) is 14.8. The lowest BCUT2D eigenvalue weighted by Gasteiger charge is -2.31. The molecule has 4 heterocycles. The number of rotatable bonds is 2. The number of amides is 1. The lowest BCUT2D eigenvalue weighted by Crippen LogP contribution is -2.39. The Morgan fingerprint density at radius 1 is 1.24 bits per heavy atom. The highest BCUT2D eigenvalue weighted by molar-refractivity contribution is 6.10. The van der Waals surface area contributed by atoms with E-state index in [1.54, 1.807) is 0 Å². The van der Waals surface area contributed by atoms with Crippen LogP contribution in [0.2, 0.25) is 0 Å². The first-order valence-corrected chi connectivity index (χ1v) is 9.01. The number of ether oxygens (including phenoxy) is 1. The van der Waals surface area contributed by atoms with Crippen LogP contribution in [0.4, 0.5) is 5.82 Å². The molecule has 0 radical (unpaired) electrons.